The van der Waals surface area contributed by atoms with Crippen molar-refractivity contribution in [2.45, 2.75) is 26.2 Å². The molecule has 3 nitrogen and oxygen atoms in total. The van der Waals surface area contributed by atoms with Crippen LogP contribution in [0.2, 0.25) is 5.02 Å². The number of carbonyl (C=O) groups is 1. The van der Waals surface area contributed by atoms with Crippen molar-refractivity contribution < 1.29 is 4.79 Å². The van der Waals surface area contributed by atoms with Gasteiger partial charge in [0.15, 0.2) is 0 Å². The smallest absolute Gasteiger partial charge is 0.256 e. The molecule has 1 aromatic heterocycles. The monoisotopic (exact) mass is 338 g/mol. The average molecular weight is 339 g/mol. The van der Waals surface area contributed by atoms with Crippen molar-refractivity contribution in [2.75, 3.05) is 5.32 Å². The maximum absolute atomic E-state index is 12.8. The predicted octanol–water partition coefficient (Wildman–Crippen LogP) is 5.48. The van der Waals surface area contributed by atoms with Gasteiger partial charge in [0.1, 0.15) is 0 Å². The first-order chi connectivity index (χ1) is 11.7. The number of hydrogen-bond donors (Lipinski definition) is 1. The zero-order valence-electron chi connectivity index (χ0n) is 13.6. The summed E-state index contributed by atoms with van der Waals surface area (Å²) in [7, 11) is 0. The molecule has 3 rings (SSSR count). The molecule has 0 aliphatic carbocycles. The molecule has 0 fully saturated rings. The van der Waals surface area contributed by atoms with Gasteiger partial charge in [0.25, 0.3) is 5.91 Å². The van der Waals surface area contributed by atoms with Gasteiger partial charge in [-0.3, -0.25) is 9.78 Å². The van der Waals surface area contributed by atoms with Crippen LogP contribution in [0.5, 0.6) is 0 Å². The van der Waals surface area contributed by atoms with Crippen molar-refractivity contribution in [3.05, 3.63) is 70.9 Å². The Labute approximate surface area is 146 Å². The normalized spacial score (nSPS) is 10.8. The first kappa shape index (κ1) is 16.5. The number of aromatic nitrogens is 1. The fourth-order valence-electron chi connectivity index (χ4n) is 2.74. The van der Waals surface area contributed by atoms with Crippen LogP contribution in [-0.2, 0) is 6.42 Å². The number of nitrogens with one attached hydrogen (secondary N) is 1. The van der Waals surface area contributed by atoms with Crippen LogP contribution in [-0.4, -0.2) is 10.9 Å². The van der Waals surface area contributed by atoms with Gasteiger partial charge in [-0.25, -0.2) is 0 Å². The Hall–Kier alpha value is -2.39. The molecule has 0 spiro atoms. The minimum Gasteiger partial charge on any atom is -0.320 e. The summed E-state index contributed by atoms with van der Waals surface area (Å²) in [6.45, 7) is 2.14. The number of benzene rings is 2. The van der Waals surface area contributed by atoms with E-state index in [1.54, 1.807) is 12.3 Å². The molecule has 1 heterocycles. The van der Waals surface area contributed by atoms with Gasteiger partial charge < -0.3 is 5.32 Å². The SMILES string of the molecule is CCCCc1ccc(Cl)cc1C(=O)Nc1cccc2cccnc12. The fraction of sp³-hybridized carbons (Fsp3) is 0.200. The zero-order valence-corrected chi connectivity index (χ0v) is 14.3. The van der Waals surface area contributed by atoms with Gasteiger partial charge in [-0.2, -0.15) is 0 Å². The van der Waals surface area contributed by atoms with E-state index in [-0.39, 0.29) is 5.91 Å². The third-order valence-corrected chi connectivity index (χ3v) is 4.23. The lowest BCUT2D eigenvalue weighted by Crippen LogP contribution is -2.15. The van der Waals surface area contributed by atoms with Crippen LogP contribution in [0, 0.1) is 0 Å². The zero-order chi connectivity index (χ0) is 16.9. The number of carbonyl (C=O) groups excluding carboxylic acids is 1. The lowest BCUT2D eigenvalue weighted by Gasteiger charge is -2.12. The lowest BCUT2D eigenvalue weighted by atomic mass is 10.0. The van der Waals surface area contributed by atoms with E-state index in [1.807, 2.05) is 42.5 Å². The molecule has 1 N–H and O–H groups in total. The number of nitrogens with zero attached hydrogens (tertiary/aromatic N) is 1. The second-order valence-electron chi connectivity index (χ2n) is 5.74. The van der Waals surface area contributed by atoms with Crippen molar-refractivity contribution in [3.8, 4) is 0 Å². The van der Waals surface area contributed by atoms with E-state index in [9.17, 15) is 4.79 Å². The second-order valence-corrected chi connectivity index (χ2v) is 6.18. The lowest BCUT2D eigenvalue weighted by molar-refractivity contribution is 0.102. The minimum atomic E-state index is -0.151. The second kappa shape index (κ2) is 7.45. The first-order valence-electron chi connectivity index (χ1n) is 8.12. The molecule has 0 unspecified atom stereocenters. The Morgan fingerprint density at radius 1 is 1.17 bits per heavy atom. The van der Waals surface area contributed by atoms with Crippen LogP contribution >= 0.6 is 11.6 Å². The van der Waals surface area contributed by atoms with Crippen LogP contribution in [0.15, 0.2) is 54.7 Å². The van der Waals surface area contributed by atoms with Crippen LogP contribution in [0.3, 0.4) is 0 Å². The number of hydrogen-bond acceptors (Lipinski definition) is 2. The van der Waals surface area contributed by atoms with Crippen molar-refractivity contribution in [2.24, 2.45) is 0 Å². The number of unbranched alkanes of at least 4 members (excludes halogenated alkanes) is 1. The summed E-state index contributed by atoms with van der Waals surface area (Å²) >= 11 is 6.10. The van der Waals surface area contributed by atoms with Gasteiger partial charge in [-0.1, -0.05) is 49.2 Å². The number of fused-ring (bicyclic) bond motifs is 1. The summed E-state index contributed by atoms with van der Waals surface area (Å²) in [5.74, 6) is -0.151. The standard InChI is InChI=1S/C20H19ClN2O/c1-2-3-6-14-10-11-16(21)13-17(14)20(24)23-18-9-4-7-15-8-5-12-22-19(15)18/h4-5,7-13H,2-3,6H2,1H3,(H,23,24). The quantitative estimate of drug-likeness (QED) is 0.669. The number of rotatable bonds is 5. The van der Waals surface area contributed by atoms with Gasteiger partial charge in [0.2, 0.25) is 0 Å². The van der Waals surface area contributed by atoms with E-state index in [2.05, 4.69) is 17.2 Å². The Bertz CT molecular complexity index is 871. The summed E-state index contributed by atoms with van der Waals surface area (Å²) < 4.78 is 0. The van der Waals surface area contributed by atoms with E-state index in [1.165, 1.54) is 0 Å². The van der Waals surface area contributed by atoms with E-state index < -0.39 is 0 Å². The molecular formula is C20H19ClN2O. The number of aryl methyl sites for hydroxylation is 1. The Morgan fingerprint density at radius 3 is 2.83 bits per heavy atom. The Balaban J connectivity index is 1.93. The Morgan fingerprint density at radius 2 is 2.00 bits per heavy atom. The molecule has 0 radical (unpaired) electrons. The van der Waals surface area contributed by atoms with E-state index in [4.69, 9.17) is 11.6 Å². The maximum atomic E-state index is 12.8. The van der Waals surface area contributed by atoms with Crippen molar-refractivity contribution in [1.29, 1.82) is 0 Å². The van der Waals surface area contributed by atoms with Gasteiger partial charge in [0, 0.05) is 22.2 Å². The van der Waals surface area contributed by atoms with Crippen molar-refractivity contribution >= 4 is 34.1 Å². The highest BCUT2D eigenvalue weighted by molar-refractivity contribution is 6.31. The molecule has 0 aliphatic heterocycles. The number of pyridine rings is 1. The highest BCUT2D eigenvalue weighted by Gasteiger charge is 2.14. The average Bonchev–Trinajstić information content (AvgIpc) is 2.61. The Kier molecular flexibility index (Phi) is 5.11. The van der Waals surface area contributed by atoms with Crippen LogP contribution in [0.4, 0.5) is 5.69 Å². The van der Waals surface area contributed by atoms with Gasteiger partial charge in [-0.15, -0.1) is 0 Å². The molecule has 0 aliphatic rings. The van der Waals surface area contributed by atoms with Gasteiger partial charge >= 0.3 is 0 Å². The molecule has 122 valence electrons. The third kappa shape index (κ3) is 3.57. The number of anilines is 1. The van der Waals surface area contributed by atoms with Gasteiger partial charge in [-0.05, 0) is 42.7 Å². The molecule has 0 atom stereocenters. The molecule has 0 saturated heterocycles. The predicted molar refractivity (Wildman–Crippen MR) is 99.8 cm³/mol. The summed E-state index contributed by atoms with van der Waals surface area (Å²) in [4.78, 5) is 17.2. The maximum Gasteiger partial charge on any atom is 0.256 e. The number of para-hydroxylation sites is 1. The molecule has 0 bridgehead atoms. The number of halogens is 1. The van der Waals surface area contributed by atoms with Gasteiger partial charge in [0.05, 0.1) is 11.2 Å². The first-order valence-corrected chi connectivity index (χ1v) is 8.50. The van der Waals surface area contributed by atoms with Crippen LogP contribution in [0.1, 0.15) is 35.7 Å². The highest BCUT2D eigenvalue weighted by Crippen LogP contribution is 2.23. The molecule has 4 heteroatoms. The van der Waals surface area contributed by atoms with Crippen molar-refractivity contribution in [3.63, 3.8) is 0 Å². The summed E-state index contributed by atoms with van der Waals surface area (Å²) in [6.07, 6.45) is 4.71. The minimum absolute atomic E-state index is 0.151. The van der Waals surface area contributed by atoms with Crippen LogP contribution < -0.4 is 5.32 Å². The summed E-state index contributed by atoms with van der Waals surface area (Å²) in [5, 5.41) is 4.54. The summed E-state index contributed by atoms with van der Waals surface area (Å²) in [5.41, 5.74) is 3.14. The molecule has 24 heavy (non-hydrogen) atoms. The largest absolute Gasteiger partial charge is 0.320 e. The topological polar surface area (TPSA) is 42.0 Å². The third-order valence-electron chi connectivity index (χ3n) is 4.00. The van der Waals surface area contributed by atoms with E-state index >= 15 is 0 Å². The molecular weight excluding hydrogens is 320 g/mol. The van der Waals surface area contributed by atoms with Crippen LogP contribution in [0.25, 0.3) is 10.9 Å². The van der Waals surface area contributed by atoms with E-state index in [0.29, 0.717) is 16.3 Å². The molecule has 1 amide bonds. The summed E-state index contributed by atoms with van der Waals surface area (Å²) in [6, 6.07) is 15.1. The molecule has 3 aromatic rings. The fourth-order valence-corrected chi connectivity index (χ4v) is 2.91. The van der Waals surface area contributed by atoms with Crippen molar-refractivity contribution in [1.82, 2.24) is 4.98 Å². The van der Waals surface area contributed by atoms with E-state index in [0.717, 1.165) is 35.7 Å². The molecule has 2 aromatic carbocycles. The molecule has 0 saturated carbocycles. The number of amides is 1. The highest BCUT2D eigenvalue weighted by atomic mass is 35.5.